The van der Waals surface area contributed by atoms with Crippen LogP contribution in [0.5, 0.6) is 11.5 Å². The Bertz CT molecular complexity index is 1050. The molecule has 0 aliphatic carbocycles. The van der Waals surface area contributed by atoms with Crippen molar-refractivity contribution in [2.45, 2.75) is 19.4 Å². The molecular weight excluding hydrogens is 466 g/mol. The fourth-order valence-electron chi connectivity index (χ4n) is 2.76. The fourth-order valence-corrected chi connectivity index (χ4v) is 4.06. The molecule has 11 heteroatoms. The summed E-state index contributed by atoms with van der Waals surface area (Å²) in [7, 11) is -2.03. The molecule has 33 heavy (non-hydrogen) atoms. The number of benzene rings is 2. The largest absolute Gasteiger partial charge is 0.493 e. The highest BCUT2D eigenvalue weighted by molar-refractivity contribution is 7.98. The number of hydrogen-bond acceptors (Lipinski definition) is 7. The smallest absolute Gasteiger partial charge is 0.262 e. The van der Waals surface area contributed by atoms with Crippen molar-refractivity contribution < 1.29 is 27.5 Å². The standard InChI is InChI=1S/C22H29N3O6S2/c1-4-33(28,29)25-18(12-13-32-3)22(27)24-17-9-7-8-16(14-17)23-21(26)15-31-20-11-6-5-10-19(20)30-2/h5-11,14,18,25H,4,12-13,15H2,1-3H3,(H,23,26)(H,24,27). The Hall–Kier alpha value is -2.76. The van der Waals surface area contributed by atoms with Crippen LogP contribution in [0.3, 0.4) is 0 Å². The van der Waals surface area contributed by atoms with Crippen LogP contribution in [0, 0.1) is 0 Å². The topological polar surface area (TPSA) is 123 Å². The molecule has 180 valence electrons. The lowest BCUT2D eigenvalue weighted by atomic mass is 10.2. The molecule has 9 nitrogen and oxygen atoms in total. The average molecular weight is 496 g/mol. The number of thioether (sulfide) groups is 1. The summed E-state index contributed by atoms with van der Waals surface area (Å²) in [6.45, 7) is 1.28. The van der Waals surface area contributed by atoms with Crippen molar-refractivity contribution in [2.75, 3.05) is 42.1 Å². The van der Waals surface area contributed by atoms with Crippen molar-refractivity contribution in [1.82, 2.24) is 4.72 Å². The summed E-state index contributed by atoms with van der Waals surface area (Å²) < 4.78 is 37.0. The lowest BCUT2D eigenvalue weighted by molar-refractivity contribution is -0.118. The van der Waals surface area contributed by atoms with Crippen LogP contribution in [0.15, 0.2) is 48.5 Å². The van der Waals surface area contributed by atoms with Gasteiger partial charge in [0.2, 0.25) is 15.9 Å². The van der Waals surface area contributed by atoms with Gasteiger partial charge in [-0.1, -0.05) is 18.2 Å². The number of anilines is 2. The molecule has 0 aromatic heterocycles. The molecule has 0 fully saturated rings. The fraction of sp³-hybridized carbons (Fsp3) is 0.364. The maximum Gasteiger partial charge on any atom is 0.262 e. The van der Waals surface area contributed by atoms with E-state index in [1.54, 1.807) is 48.5 Å². The zero-order chi connectivity index (χ0) is 24.3. The highest BCUT2D eigenvalue weighted by atomic mass is 32.2. The maximum atomic E-state index is 12.7. The lowest BCUT2D eigenvalue weighted by Gasteiger charge is -2.18. The van der Waals surface area contributed by atoms with E-state index in [9.17, 15) is 18.0 Å². The third-order valence-electron chi connectivity index (χ3n) is 4.47. The minimum Gasteiger partial charge on any atom is -0.493 e. The number of nitrogens with one attached hydrogen (secondary N) is 3. The van der Waals surface area contributed by atoms with E-state index in [-0.39, 0.29) is 12.4 Å². The third-order valence-corrected chi connectivity index (χ3v) is 6.52. The van der Waals surface area contributed by atoms with Crippen molar-refractivity contribution in [2.24, 2.45) is 0 Å². The van der Waals surface area contributed by atoms with Crippen molar-refractivity contribution in [3.05, 3.63) is 48.5 Å². The van der Waals surface area contributed by atoms with Crippen LogP contribution in [-0.4, -0.2) is 57.8 Å². The molecule has 1 unspecified atom stereocenters. The summed E-state index contributed by atoms with van der Waals surface area (Å²) in [5.74, 6) is 0.606. The first kappa shape index (κ1) is 26.5. The SMILES string of the molecule is CCS(=O)(=O)NC(CCSC)C(=O)Nc1cccc(NC(=O)COc2ccccc2OC)c1. The van der Waals surface area contributed by atoms with Crippen LogP contribution in [0.1, 0.15) is 13.3 Å². The first-order valence-corrected chi connectivity index (χ1v) is 13.3. The van der Waals surface area contributed by atoms with Gasteiger partial charge in [0.05, 0.1) is 12.9 Å². The lowest BCUT2D eigenvalue weighted by Crippen LogP contribution is -2.44. The van der Waals surface area contributed by atoms with Gasteiger partial charge in [-0.3, -0.25) is 9.59 Å². The van der Waals surface area contributed by atoms with Gasteiger partial charge in [-0.05, 0) is 55.7 Å². The van der Waals surface area contributed by atoms with Crippen LogP contribution >= 0.6 is 11.8 Å². The quantitative estimate of drug-likeness (QED) is 0.390. The van der Waals surface area contributed by atoms with Crippen molar-refractivity contribution >= 4 is 45.0 Å². The molecule has 0 radical (unpaired) electrons. The predicted molar refractivity (Wildman–Crippen MR) is 132 cm³/mol. The molecule has 0 saturated heterocycles. The molecule has 2 amide bonds. The molecule has 0 spiro atoms. The number of para-hydroxylation sites is 2. The van der Waals surface area contributed by atoms with Crippen LogP contribution in [0.4, 0.5) is 11.4 Å². The zero-order valence-corrected chi connectivity index (χ0v) is 20.4. The predicted octanol–water partition coefficient (Wildman–Crippen LogP) is 2.71. The van der Waals surface area contributed by atoms with Gasteiger partial charge in [-0.2, -0.15) is 11.8 Å². The van der Waals surface area contributed by atoms with Gasteiger partial charge in [-0.15, -0.1) is 0 Å². The van der Waals surface area contributed by atoms with Gasteiger partial charge in [0, 0.05) is 11.4 Å². The molecule has 0 bridgehead atoms. The summed E-state index contributed by atoms with van der Waals surface area (Å²) in [6.07, 6.45) is 2.23. The Morgan fingerprint density at radius 2 is 1.70 bits per heavy atom. The Kier molecular flexibility index (Phi) is 10.5. The first-order valence-electron chi connectivity index (χ1n) is 10.2. The highest BCUT2D eigenvalue weighted by Gasteiger charge is 2.23. The van der Waals surface area contributed by atoms with Gasteiger partial charge in [0.15, 0.2) is 18.1 Å². The molecule has 2 aromatic carbocycles. The van der Waals surface area contributed by atoms with Crippen molar-refractivity contribution in [3.8, 4) is 11.5 Å². The normalized spacial score (nSPS) is 12.0. The van der Waals surface area contributed by atoms with Crippen molar-refractivity contribution in [1.29, 1.82) is 0 Å². The number of rotatable bonds is 13. The molecule has 0 heterocycles. The number of carbonyl (C=O) groups excluding carboxylic acids is 2. The van der Waals surface area contributed by atoms with Crippen LogP contribution < -0.4 is 24.8 Å². The number of methoxy groups -OCH3 is 1. The monoisotopic (exact) mass is 495 g/mol. The Balaban J connectivity index is 1.99. The van der Waals surface area contributed by atoms with E-state index in [1.165, 1.54) is 25.8 Å². The molecule has 2 aromatic rings. The molecule has 0 aliphatic heterocycles. The molecule has 1 atom stereocenters. The maximum absolute atomic E-state index is 12.7. The van der Waals surface area contributed by atoms with E-state index in [4.69, 9.17) is 9.47 Å². The second-order valence-corrected chi connectivity index (χ2v) is 9.94. The van der Waals surface area contributed by atoms with Crippen LogP contribution in [0.2, 0.25) is 0 Å². The summed E-state index contributed by atoms with van der Waals surface area (Å²) in [4.78, 5) is 25.0. The second-order valence-electron chi connectivity index (χ2n) is 6.91. The summed E-state index contributed by atoms with van der Waals surface area (Å²) in [6, 6.07) is 12.7. The van der Waals surface area contributed by atoms with E-state index in [0.717, 1.165) is 0 Å². The van der Waals surface area contributed by atoms with Gasteiger partial charge >= 0.3 is 0 Å². The van der Waals surface area contributed by atoms with Crippen molar-refractivity contribution in [3.63, 3.8) is 0 Å². The molecule has 0 saturated carbocycles. The van der Waals surface area contributed by atoms with Gasteiger partial charge < -0.3 is 20.1 Å². The summed E-state index contributed by atoms with van der Waals surface area (Å²) in [5, 5.41) is 5.41. The number of ether oxygens (including phenoxy) is 2. The van der Waals surface area contributed by atoms with Crippen LogP contribution in [0.25, 0.3) is 0 Å². The minimum absolute atomic E-state index is 0.117. The van der Waals surface area contributed by atoms with E-state index >= 15 is 0 Å². The minimum atomic E-state index is -3.54. The number of sulfonamides is 1. The molecular formula is C22H29N3O6S2. The Morgan fingerprint density at radius 3 is 2.33 bits per heavy atom. The average Bonchev–Trinajstić information content (AvgIpc) is 2.80. The van der Waals surface area contributed by atoms with Crippen LogP contribution in [-0.2, 0) is 19.6 Å². The third kappa shape index (κ3) is 8.95. The highest BCUT2D eigenvalue weighted by Crippen LogP contribution is 2.25. The van der Waals surface area contributed by atoms with Gasteiger partial charge in [0.25, 0.3) is 5.91 Å². The van der Waals surface area contributed by atoms with E-state index in [1.807, 2.05) is 6.26 Å². The molecule has 3 N–H and O–H groups in total. The zero-order valence-electron chi connectivity index (χ0n) is 18.8. The van der Waals surface area contributed by atoms with E-state index < -0.39 is 27.9 Å². The molecule has 2 rings (SSSR count). The Labute approximate surface area is 198 Å². The second kappa shape index (κ2) is 13.1. The number of hydrogen-bond donors (Lipinski definition) is 3. The number of amides is 2. The summed E-state index contributed by atoms with van der Waals surface area (Å²) in [5.41, 5.74) is 0.879. The van der Waals surface area contributed by atoms with Gasteiger partial charge in [-0.25, -0.2) is 13.1 Å². The molecule has 0 aliphatic rings. The Morgan fingerprint density at radius 1 is 1.03 bits per heavy atom. The van der Waals surface area contributed by atoms with E-state index in [2.05, 4.69) is 15.4 Å². The van der Waals surface area contributed by atoms with E-state index in [0.29, 0.717) is 35.0 Å². The first-order chi connectivity index (χ1) is 15.8. The number of carbonyl (C=O) groups is 2. The summed E-state index contributed by atoms with van der Waals surface area (Å²) >= 11 is 1.52. The van der Waals surface area contributed by atoms with Gasteiger partial charge in [0.1, 0.15) is 6.04 Å².